The van der Waals surface area contributed by atoms with Crippen molar-refractivity contribution >= 4 is 5.97 Å². The van der Waals surface area contributed by atoms with Gasteiger partial charge < -0.3 is 10.4 Å². The topological polar surface area (TPSA) is 49.3 Å². The van der Waals surface area contributed by atoms with Gasteiger partial charge in [-0.3, -0.25) is 4.79 Å². The molecule has 2 N–H and O–H groups in total. The van der Waals surface area contributed by atoms with Crippen LogP contribution in [0.3, 0.4) is 0 Å². The fourth-order valence-corrected chi connectivity index (χ4v) is 1.42. The third-order valence-corrected chi connectivity index (χ3v) is 2.34. The SMILES string of the molecule is CN[C@@H](Cc1cccc(C(F)(F)F)c1)C(=O)O. The van der Waals surface area contributed by atoms with Crippen molar-refractivity contribution in [2.45, 2.75) is 18.6 Å². The first-order valence-electron chi connectivity index (χ1n) is 4.91. The maximum atomic E-state index is 12.4. The molecule has 0 bridgehead atoms. The molecule has 1 aromatic rings. The summed E-state index contributed by atoms with van der Waals surface area (Å²) in [7, 11) is 1.45. The van der Waals surface area contributed by atoms with Crippen LogP contribution in [0, 0.1) is 0 Å². The van der Waals surface area contributed by atoms with E-state index in [-0.39, 0.29) is 6.42 Å². The lowest BCUT2D eigenvalue weighted by Crippen LogP contribution is -2.35. The van der Waals surface area contributed by atoms with Crippen molar-refractivity contribution in [1.82, 2.24) is 5.32 Å². The Balaban J connectivity index is 2.89. The average molecular weight is 247 g/mol. The molecule has 0 heterocycles. The van der Waals surface area contributed by atoms with Gasteiger partial charge in [-0.05, 0) is 25.1 Å². The number of aliphatic carboxylic acids is 1. The smallest absolute Gasteiger partial charge is 0.416 e. The van der Waals surface area contributed by atoms with Gasteiger partial charge in [0.05, 0.1) is 5.56 Å². The number of alkyl halides is 3. The quantitative estimate of drug-likeness (QED) is 0.854. The molecular weight excluding hydrogens is 235 g/mol. The summed E-state index contributed by atoms with van der Waals surface area (Å²) in [5.41, 5.74) is -0.434. The molecule has 0 aliphatic heterocycles. The Morgan fingerprint density at radius 3 is 2.59 bits per heavy atom. The van der Waals surface area contributed by atoms with Crippen molar-refractivity contribution in [3.05, 3.63) is 35.4 Å². The van der Waals surface area contributed by atoms with E-state index in [9.17, 15) is 18.0 Å². The van der Waals surface area contributed by atoms with Gasteiger partial charge in [0, 0.05) is 0 Å². The van der Waals surface area contributed by atoms with E-state index >= 15 is 0 Å². The molecule has 3 nitrogen and oxygen atoms in total. The molecule has 0 radical (unpaired) electrons. The highest BCUT2D eigenvalue weighted by molar-refractivity contribution is 5.73. The normalized spacial score (nSPS) is 13.4. The summed E-state index contributed by atoms with van der Waals surface area (Å²) >= 11 is 0. The van der Waals surface area contributed by atoms with Gasteiger partial charge in [0.15, 0.2) is 0 Å². The van der Waals surface area contributed by atoms with Crippen LogP contribution in [0.4, 0.5) is 13.2 Å². The number of hydrogen-bond donors (Lipinski definition) is 2. The molecule has 0 unspecified atom stereocenters. The predicted octanol–water partition coefficient (Wildman–Crippen LogP) is 1.92. The third-order valence-electron chi connectivity index (χ3n) is 2.34. The Morgan fingerprint density at radius 1 is 1.47 bits per heavy atom. The Morgan fingerprint density at radius 2 is 2.12 bits per heavy atom. The van der Waals surface area contributed by atoms with Crippen molar-refractivity contribution in [3.63, 3.8) is 0 Å². The van der Waals surface area contributed by atoms with Crippen LogP contribution >= 0.6 is 0 Å². The van der Waals surface area contributed by atoms with Crippen molar-refractivity contribution < 1.29 is 23.1 Å². The minimum atomic E-state index is -4.41. The fourth-order valence-electron chi connectivity index (χ4n) is 1.42. The standard InChI is InChI=1S/C11H12F3NO2/c1-15-9(10(16)17)6-7-3-2-4-8(5-7)11(12,13)14/h2-5,9,15H,6H2,1H3,(H,16,17)/t9-/m0/s1. The van der Waals surface area contributed by atoms with Crippen LogP contribution in [0.25, 0.3) is 0 Å². The Kier molecular flexibility index (Phi) is 4.11. The van der Waals surface area contributed by atoms with Crippen LogP contribution in [0.1, 0.15) is 11.1 Å². The van der Waals surface area contributed by atoms with Crippen LogP contribution in [0.5, 0.6) is 0 Å². The van der Waals surface area contributed by atoms with Gasteiger partial charge in [0.1, 0.15) is 6.04 Å². The zero-order valence-corrected chi connectivity index (χ0v) is 9.08. The van der Waals surface area contributed by atoms with Gasteiger partial charge in [-0.25, -0.2) is 0 Å². The van der Waals surface area contributed by atoms with E-state index in [1.807, 2.05) is 0 Å². The molecule has 1 aromatic carbocycles. The first-order chi connectivity index (χ1) is 7.84. The average Bonchev–Trinajstić information content (AvgIpc) is 2.24. The molecule has 17 heavy (non-hydrogen) atoms. The molecule has 0 amide bonds. The maximum Gasteiger partial charge on any atom is 0.416 e. The number of halogens is 3. The number of hydrogen-bond acceptors (Lipinski definition) is 2. The molecule has 0 saturated carbocycles. The van der Waals surface area contributed by atoms with E-state index in [2.05, 4.69) is 5.32 Å². The van der Waals surface area contributed by atoms with E-state index in [0.717, 1.165) is 12.1 Å². The van der Waals surface area contributed by atoms with E-state index < -0.39 is 23.8 Å². The Bertz CT molecular complexity index is 404. The van der Waals surface area contributed by atoms with E-state index in [1.54, 1.807) is 0 Å². The summed E-state index contributed by atoms with van der Waals surface area (Å²) in [4.78, 5) is 10.7. The van der Waals surface area contributed by atoms with Crippen molar-refractivity contribution in [2.75, 3.05) is 7.05 Å². The van der Waals surface area contributed by atoms with Crippen LogP contribution < -0.4 is 5.32 Å². The highest BCUT2D eigenvalue weighted by Gasteiger charge is 2.30. The number of carboxylic acid groups (broad SMARTS) is 1. The second-order valence-electron chi connectivity index (χ2n) is 3.58. The van der Waals surface area contributed by atoms with Gasteiger partial charge in [0.25, 0.3) is 0 Å². The zero-order valence-electron chi connectivity index (χ0n) is 9.08. The lowest BCUT2D eigenvalue weighted by molar-refractivity contribution is -0.139. The van der Waals surface area contributed by atoms with Crippen molar-refractivity contribution in [2.24, 2.45) is 0 Å². The Labute approximate surface area is 96.3 Å². The van der Waals surface area contributed by atoms with Crippen LogP contribution in [0.15, 0.2) is 24.3 Å². The van der Waals surface area contributed by atoms with Crippen LogP contribution in [-0.4, -0.2) is 24.2 Å². The van der Waals surface area contributed by atoms with Gasteiger partial charge in [-0.15, -0.1) is 0 Å². The molecule has 6 heteroatoms. The minimum Gasteiger partial charge on any atom is -0.480 e. The monoisotopic (exact) mass is 247 g/mol. The molecule has 0 spiro atoms. The lowest BCUT2D eigenvalue weighted by atomic mass is 10.0. The molecule has 1 atom stereocenters. The number of rotatable bonds is 4. The summed E-state index contributed by atoms with van der Waals surface area (Å²) < 4.78 is 37.2. The molecule has 0 aromatic heterocycles. The highest BCUT2D eigenvalue weighted by Crippen LogP contribution is 2.29. The molecule has 0 aliphatic rings. The predicted molar refractivity (Wildman–Crippen MR) is 55.6 cm³/mol. The summed E-state index contributed by atoms with van der Waals surface area (Å²) in [6.07, 6.45) is -4.40. The van der Waals surface area contributed by atoms with Gasteiger partial charge in [0.2, 0.25) is 0 Å². The first kappa shape index (κ1) is 13.5. The van der Waals surface area contributed by atoms with E-state index in [4.69, 9.17) is 5.11 Å². The zero-order chi connectivity index (χ0) is 13.1. The van der Waals surface area contributed by atoms with Crippen LogP contribution in [0.2, 0.25) is 0 Å². The molecule has 1 rings (SSSR count). The summed E-state index contributed by atoms with van der Waals surface area (Å²) in [5.74, 6) is -1.09. The second-order valence-corrected chi connectivity index (χ2v) is 3.58. The second kappa shape index (κ2) is 5.18. The summed E-state index contributed by atoms with van der Waals surface area (Å²) in [6, 6.07) is 3.78. The number of benzene rings is 1. The summed E-state index contributed by atoms with van der Waals surface area (Å²) in [5, 5.41) is 11.3. The van der Waals surface area contributed by atoms with Crippen LogP contribution in [-0.2, 0) is 17.4 Å². The number of nitrogens with one attached hydrogen (secondary N) is 1. The first-order valence-corrected chi connectivity index (χ1v) is 4.91. The molecule has 0 fully saturated rings. The molecule has 94 valence electrons. The number of likely N-dealkylation sites (N-methyl/N-ethyl adjacent to an activating group) is 1. The third kappa shape index (κ3) is 3.74. The van der Waals surface area contributed by atoms with Crippen molar-refractivity contribution in [1.29, 1.82) is 0 Å². The van der Waals surface area contributed by atoms with E-state index in [1.165, 1.54) is 19.2 Å². The molecule has 0 aliphatic carbocycles. The van der Waals surface area contributed by atoms with Gasteiger partial charge >= 0.3 is 12.1 Å². The number of carboxylic acids is 1. The van der Waals surface area contributed by atoms with Gasteiger partial charge in [-0.1, -0.05) is 18.2 Å². The molecule has 0 saturated heterocycles. The highest BCUT2D eigenvalue weighted by atomic mass is 19.4. The summed E-state index contributed by atoms with van der Waals surface area (Å²) in [6.45, 7) is 0. The van der Waals surface area contributed by atoms with Gasteiger partial charge in [-0.2, -0.15) is 13.2 Å². The largest absolute Gasteiger partial charge is 0.480 e. The lowest BCUT2D eigenvalue weighted by Gasteiger charge is -2.13. The minimum absolute atomic E-state index is 0.00968. The fraction of sp³-hybridized carbons (Fsp3) is 0.364. The number of carbonyl (C=O) groups is 1. The van der Waals surface area contributed by atoms with Crippen molar-refractivity contribution in [3.8, 4) is 0 Å². The Hall–Kier alpha value is -1.56. The molecular formula is C11H12F3NO2. The maximum absolute atomic E-state index is 12.4. The van der Waals surface area contributed by atoms with E-state index in [0.29, 0.717) is 5.56 Å².